The van der Waals surface area contributed by atoms with Crippen LogP contribution in [0.25, 0.3) is 0 Å². The zero-order valence-corrected chi connectivity index (χ0v) is 44.5. The number of phenols is 1. The number of ether oxygens (including phenoxy) is 1. The first-order valence-electron chi connectivity index (χ1n) is 29.0. The average molecular weight is 982 g/mol. The number of nitrogen functional groups attached to an aromatic ring is 1. The summed E-state index contributed by atoms with van der Waals surface area (Å²) in [7, 11) is 1.92. The summed E-state index contributed by atoms with van der Waals surface area (Å²) >= 11 is 0. The number of carbonyl (C=O) groups excluding carboxylic acids is 2. The van der Waals surface area contributed by atoms with E-state index in [1.165, 1.54) is 30.4 Å². The van der Waals surface area contributed by atoms with Gasteiger partial charge in [0.2, 0.25) is 0 Å². The number of aliphatic hydroxyl groups is 2. The highest BCUT2D eigenvalue weighted by Crippen LogP contribution is 2.78. The molecule has 72 heavy (non-hydrogen) atoms. The van der Waals surface area contributed by atoms with Gasteiger partial charge < -0.3 is 36.4 Å². The number of aliphatic hydroxyl groups excluding tert-OH is 1. The Morgan fingerprint density at radius 2 is 1.71 bits per heavy atom. The van der Waals surface area contributed by atoms with Gasteiger partial charge in [-0.15, -0.1) is 0 Å². The smallest absolute Gasteiger partial charge is 0.160 e. The predicted molar refractivity (Wildman–Crippen MR) is 283 cm³/mol. The number of aromatic hydroxyl groups is 1. The number of carbonyl (C=O) groups is 2. The molecule has 11 aliphatic rings. The predicted octanol–water partition coefficient (Wildman–Crippen LogP) is 10.9. The maximum absolute atomic E-state index is 16.0. The van der Waals surface area contributed by atoms with E-state index in [1.807, 2.05) is 32.2 Å². The fourth-order valence-electron chi connectivity index (χ4n) is 20.6. The summed E-state index contributed by atoms with van der Waals surface area (Å²) in [5.41, 5.74) is 9.81. The van der Waals surface area contributed by atoms with Gasteiger partial charge in [0.05, 0.1) is 23.2 Å². The molecule has 8 fully saturated rings. The summed E-state index contributed by atoms with van der Waals surface area (Å²) < 4.78 is 6.88. The number of hydrogen-bond donors (Lipinski definition) is 6. The molecular weight excluding hydrogens is 895 g/mol. The van der Waals surface area contributed by atoms with E-state index in [-0.39, 0.29) is 58.3 Å². The minimum atomic E-state index is -0.876. The van der Waals surface area contributed by atoms with Crippen LogP contribution in [-0.4, -0.2) is 69.9 Å². The minimum Gasteiger partial charge on any atom is -0.508 e. The number of allylic oxidation sites excluding steroid dienone is 4. The molecule has 390 valence electrons. The largest absolute Gasteiger partial charge is 0.508 e. The number of fused-ring (bicyclic) bond motifs is 6. The number of Topliss-reactive ketones (excluding diaryl/α,β-unsaturated/α-hetero) is 2. The summed E-state index contributed by atoms with van der Waals surface area (Å²) in [5.74, 6) is 2.17. The molecular formula is C63H87N3O6. The lowest BCUT2D eigenvalue weighted by molar-refractivity contribution is -0.211. The van der Waals surface area contributed by atoms with Crippen molar-refractivity contribution in [2.75, 3.05) is 19.3 Å². The van der Waals surface area contributed by atoms with Gasteiger partial charge in [0.25, 0.3) is 0 Å². The standard InChI is InChI=1S/C63H87N3O6/c1-58(71)25-9-10-26-63-27-13-20-47(51(56(63)70)39-28-36(34-65-6)29-41(67)31-39)61(4)50-24-23-46-53(49(68)33-59(46,2)60(50,3)32-48(55(61)63)66-35-58)52-43-17-8-7-14-37(43)21-22-44(52)54(69)57-62(5,72-57)45-19-12-18-42(45)38-15-11-16-40(64)30-38/h11,13,15-16,20,28-31,37,42-45,47-48,50-52,54-55,57,65-67,69,71H,7-10,12,14,17-19,21-27,32-35,64H2,1-6H3/t37-,42-,43-,44+,45+,47-,48+,50-,51+,52+,54+,55+,57+,58-,59-,60-,61-,62+,63-/m0/s1. The Hall–Kier alpha value is -3.34. The van der Waals surface area contributed by atoms with Gasteiger partial charge in [-0.25, -0.2) is 0 Å². The molecule has 1 spiro atoms. The van der Waals surface area contributed by atoms with Crippen molar-refractivity contribution in [3.63, 3.8) is 0 Å². The molecule has 9 heteroatoms. The summed E-state index contributed by atoms with van der Waals surface area (Å²) in [6.45, 7) is 12.9. The monoisotopic (exact) mass is 982 g/mol. The van der Waals surface area contributed by atoms with E-state index in [9.17, 15) is 15.3 Å². The second-order valence-corrected chi connectivity index (χ2v) is 27.2. The van der Waals surface area contributed by atoms with Gasteiger partial charge in [-0.1, -0.05) is 95.2 Å². The van der Waals surface area contributed by atoms with Crippen molar-refractivity contribution in [1.82, 2.24) is 10.6 Å². The molecule has 2 saturated heterocycles. The second-order valence-electron chi connectivity index (χ2n) is 27.2. The molecule has 6 saturated carbocycles. The Balaban J connectivity index is 0.952. The number of nitrogens with one attached hydrogen (secondary N) is 2. The van der Waals surface area contributed by atoms with Crippen molar-refractivity contribution >= 4 is 17.3 Å². The molecule has 2 aromatic rings. The molecule has 19 atom stereocenters. The number of benzene rings is 2. The van der Waals surface area contributed by atoms with Crippen LogP contribution >= 0.6 is 0 Å². The maximum Gasteiger partial charge on any atom is 0.160 e. The average Bonchev–Trinajstić information content (AvgIpc) is 3.73. The zero-order valence-electron chi connectivity index (χ0n) is 44.5. The molecule has 2 heterocycles. The number of hydrogen-bond acceptors (Lipinski definition) is 9. The Morgan fingerprint density at radius 3 is 2.51 bits per heavy atom. The van der Waals surface area contributed by atoms with E-state index < -0.39 is 34.1 Å². The first-order chi connectivity index (χ1) is 34.4. The molecule has 2 bridgehead atoms. The van der Waals surface area contributed by atoms with Crippen molar-refractivity contribution in [3.05, 3.63) is 82.5 Å². The second kappa shape index (κ2) is 17.6. The van der Waals surface area contributed by atoms with Gasteiger partial charge in [-0.2, -0.15) is 0 Å². The molecule has 0 aromatic heterocycles. The molecule has 7 N–H and O–H groups in total. The van der Waals surface area contributed by atoms with Crippen LogP contribution in [0.5, 0.6) is 5.75 Å². The number of epoxide rings is 1. The van der Waals surface area contributed by atoms with E-state index >= 15 is 9.59 Å². The minimum absolute atomic E-state index is 0.0127. The van der Waals surface area contributed by atoms with Crippen LogP contribution in [0.1, 0.15) is 179 Å². The zero-order chi connectivity index (χ0) is 50.3. The van der Waals surface area contributed by atoms with Crippen molar-refractivity contribution < 1.29 is 29.6 Å². The summed E-state index contributed by atoms with van der Waals surface area (Å²) in [6, 6.07) is 14.2. The van der Waals surface area contributed by atoms with Gasteiger partial charge in [0, 0.05) is 42.1 Å². The normalized spacial score (nSPS) is 47.0. The van der Waals surface area contributed by atoms with Gasteiger partial charge in [0.1, 0.15) is 17.6 Å². The number of β-amino-alcohol motifs (C(OH)–C–C–N with tert-alkyl or cyclic N) is 1. The molecule has 0 amide bonds. The highest BCUT2D eigenvalue weighted by molar-refractivity contribution is 6.01. The Bertz CT molecular complexity index is 2550. The topological polar surface area (TPSA) is 157 Å². The first-order valence-corrected chi connectivity index (χ1v) is 29.0. The molecule has 0 unspecified atom stereocenters. The van der Waals surface area contributed by atoms with E-state index in [1.54, 1.807) is 0 Å². The SMILES string of the molecule is CNCc1cc(O)cc([C@H]2C(=O)[C@]34CC=C[C@@H]2[C@@]2(C)[C@H]5CCC6=C([C@@H]7[C@H]8CCCC[C@H]8CC[C@H]7[C@@H](O)[C@H]7O[C@]7(C)[C@@H]7CCC[C@H]7c7cccc(N)c7)C(=O)C[C@]6(C)[C@@]5(C)C[C@@H](NC[C@@](C)(O)CCCC3)[C@@H]42)c1. The summed E-state index contributed by atoms with van der Waals surface area (Å²) in [5, 5.41) is 43.6. The summed E-state index contributed by atoms with van der Waals surface area (Å²) in [4.78, 5) is 31.8. The van der Waals surface area contributed by atoms with E-state index in [2.05, 4.69) is 74.7 Å². The number of ketones is 2. The Labute approximate surface area is 430 Å². The quantitative estimate of drug-likeness (QED) is 0.0861. The van der Waals surface area contributed by atoms with E-state index in [0.717, 1.165) is 99.4 Å². The van der Waals surface area contributed by atoms with Crippen LogP contribution in [0.4, 0.5) is 5.69 Å². The lowest BCUT2D eigenvalue weighted by Crippen LogP contribution is -2.72. The lowest BCUT2D eigenvalue weighted by Gasteiger charge is -2.72. The summed E-state index contributed by atoms with van der Waals surface area (Å²) in [6.07, 6.45) is 21.1. The highest BCUT2D eigenvalue weighted by Gasteiger charge is 2.76. The lowest BCUT2D eigenvalue weighted by atomic mass is 9.32. The Morgan fingerprint density at radius 1 is 0.903 bits per heavy atom. The number of anilines is 1. The van der Waals surface area contributed by atoms with Crippen LogP contribution in [0, 0.1) is 69.0 Å². The number of rotatable bonds is 8. The first kappa shape index (κ1) is 49.5. The van der Waals surface area contributed by atoms with Crippen molar-refractivity contribution in [3.8, 4) is 5.75 Å². The van der Waals surface area contributed by atoms with Crippen molar-refractivity contribution in [1.29, 1.82) is 0 Å². The fraction of sp³-hybridized carbons (Fsp3) is 0.714. The maximum atomic E-state index is 16.0. The Kier molecular flexibility index (Phi) is 12.1. The van der Waals surface area contributed by atoms with Crippen LogP contribution in [0.2, 0.25) is 0 Å². The van der Waals surface area contributed by atoms with Gasteiger partial charge in [0.15, 0.2) is 5.78 Å². The number of phenolic OH excluding ortho intramolecular Hbond substituents is 1. The van der Waals surface area contributed by atoms with Crippen LogP contribution < -0.4 is 16.4 Å². The number of nitrogens with two attached hydrogens (primary N) is 1. The van der Waals surface area contributed by atoms with Crippen molar-refractivity contribution in [2.24, 2.45) is 69.0 Å². The van der Waals surface area contributed by atoms with Crippen LogP contribution in [-0.2, 0) is 20.9 Å². The fourth-order valence-corrected chi connectivity index (χ4v) is 20.6. The molecule has 9 nitrogen and oxygen atoms in total. The highest BCUT2D eigenvalue weighted by atomic mass is 16.6. The van der Waals surface area contributed by atoms with Crippen molar-refractivity contribution in [2.45, 2.75) is 198 Å². The van der Waals surface area contributed by atoms with Gasteiger partial charge in [-0.3, -0.25) is 9.59 Å². The molecule has 2 aliphatic heterocycles. The van der Waals surface area contributed by atoms with Crippen LogP contribution in [0.15, 0.2) is 65.8 Å². The van der Waals surface area contributed by atoms with Gasteiger partial charge in [-0.05, 0) is 202 Å². The molecule has 9 aliphatic carbocycles. The van der Waals surface area contributed by atoms with E-state index in [0.29, 0.717) is 67.6 Å². The van der Waals surface area contributed by atoms with E-state index in [4.69, 9.17) is 10.5 Å². The van der Waals surface area contributed by atoms with Crippen LogP contribution in [0.3, 0.4) is 0 Å². The molecule has 0 radical (unpaired) electrons. The van der Waals surface area contributed by atoms with Gasteiger partial charge >= 0.3 is 0 Å². The third kappa shape index (κ3) is 7.28. The molecule has 13 rings (SSSR count). The third-order valence-electron chi connectivity index (χ3n) is 23.7. The third-order valence-corrected chi connectivity index (χ3v) is 23.7. The molecule has 2 aromatic carbocycles.